The van der Waals surface area contributed by atoms with E-state index in [0.29, 0.717) is 6.61 Å². The molecule has 1 aromatic carbocycles. The average molecular weight is 268 g/mol. The smallest absolute Gasteiger partial charge is 0.238 e. The lowest BCUT2D eigenvalue weighted by atomic mass is 10.0. The van der Waals surface area contributed by atoms with Crippen molar-refractivity contribution in [1.29, 1.82) is 0 Å². The van der Waals surface area contributed by atoms with Crippen LogP contribution < -0.4 is 4.74 Å². The van der Waals surface area contributed by atoms with E-state index in [0.717, 1.165) is 30.7 Å². The SMILES string of the molecule is CCOc1ccc(C2CCCN2C(=O)CCl)cc1. The number of halogens is 1. The van der Waals surface area contributed by atoms with Gasteiger partial charge in [-0.25, -0.2) is 0 Å². The summed E-state index contributed by atoms with van der Waals surface area (Å²) in [7, 11) is 0. The number of carbonyl (C=O) groups is 1. The lowest BCUT2D eigenvalue weighted by Crippen LogP contribution is -2.31. The Morgan fingerprint density at radius 3 is 2.78 bits per heavy atom. The molecule has 1 atom stereocenters. The van der Waals surface area contributed by atoms with Gasteiger partial charge in [-0.1, -0.05) is 12.1 Å². The zero-order chi connectivity index (χ0) is 13.0. The van der Waals surface area contributed by atoms with Gasteiger partial charge in [-0.05, 0) is 37.5 Å². The van der Waals surface area contributed by atoms with Crippen LogP contribution in [0, 0.1) is 0 Å². The average Bonchev–Trinajstić information content (AvgIpc) is 2.88. The van der Waals surface area contributed by atoms with Gasteiger partial charge in [-0.15, -0.1) is 11.6 Å². The van der Waals surface area contributed by atoms with Crippen LogP contribution in [-0.4, -0.2) is 29.8 Å². The van der Waals surface area contributed by atoms with Crippen molar-refractivity contribution in [2.24, 2.45) is 0 Å². The number of amides is 1. The molecule has 1 unspecified atom stereocenters. The first-order valence-electron chi connectivity index (χ1n) is 6.34. The number of rotatable bonds is 4. The Morgan fingerprint density at radius 1 is 1.44 bits per heavy atom. The molecular weight excluding hydrogens is 250 g/mol. The first-order valence-corrected chi connectivity index (χ1v) is 6.88. The van der Waals surface area contributed by atoms with Gasteiger partial charge in [-0.2, -0.15) is 0 Å². The molecule has 4 heteroatoms. The van der Waals surface area contributed by atoms with Crippen molar-refractivity contribution in [2.45, 2.75) is 25.8 Å². The fourth-order valence-corrected chi connectivity index (χ4v) is 2.59. The largest absolute Gasteiger partial charge is 0.494 e. The Morgan fingerprint density at radius 2 is 2.17 bits per heavy atom. The second-order valence-electron chi connectivity index (χ2n) is 4.38. The first-order chi connectivity index (χ1) is 8.76. The minimum absolute atomic E-state index is 0.0213. The van der Waals surface area contributed by atoms with E-state index in [1.54, 1.807) is 0 Å². The Hall–Kier alpha value is -1.22. The van der Waals surface area contributed by atoms with E-state index in [4.69, 9.17) is 16.3 Å². The molecule has 0 aliphatic carbocycles. The molecule has 1 saturated heterocycles. The summed E-state index contributed by atoms with van der Waals surface area (Å²) in [5, 5.41) is 0. The van der Waals surface area contributed by atoms with Crippen LogP contribution in [0.2, 0.25) is 0 Å². The van der Waals surface area contributed by atoms with Crippen molar-refractivity contribution >= 4 is 17.5 Å². The Kier molecular flexibility index (Phi) is 4.48. The standard InChI is InChI=1S/C14H18ClNO2/c1-2-18-12-7-5-11(6-8-12)13-4-3-9-16(13)14(17)10-15/h5-8,13H,2-4,9-10H2,1H3. The number of carbonyl (C=O) groups excluding carboxylic acids is 1. The molecule has 1 fully saturated rings. The zero-order valence-corrected chi connectivity index (χ0v) is 11.3. The van der Waals surface area contributed by atoms with Crippen molar-refractivity contribution in [2.75, 3.05) is 19.0 Å². The number of ether oxygens (including phenoxy) is 1. The van der Waals surface area contributed by atoms with Crippen molar-refractivity contribution < 1.29 is 9.53 Å². The number of hydrogen-bond acceptors (Lipinski definition) is 2. The van der Waals surface area contributed by atoms with Crippen LogP contribution >= 0.6 is 11.6 Å². The molecule has 0 bridgehead atoms. The summed E-state index contributed by atoms with van der Waals surface area (Å²) in [5.41, 5.74) is 1.16. The molecule has 0 aromatic heterocycles. The number of likely N-dealkylation sites (tertiary alicyclic amines) is 1. The second-order valence-corrected chi connectivity index (χ2v) is 4.65. The van der Waals surface area contributed by atoms with E-state index in [-0.39, 0.29) is 17.8 Å². The topological polar surface area (TPSA) is 29.5 Å². The third kappa shape index (κ3) is 2.78. The summed E-state index contributed by atoms with van der Waals surface area (Å²) in [6.07, 6.45) is 2.05. The summed E-state index contributed by atoms with van der Waals surface area (Å²) in [4.78, 5) is 13.6. The van der Waals surface area contributed by atoms with Crippen LogP contribution in [-0.2, 0) is 4.79 Å². The third-order valence-electron chi connectivity index (χ3n) is 3.26. The molecule has 3 nitrogen and oxygen atoms in total. The number of alkyl halides is 1. The minimum Gasteiger partial charge on any atom is -0.494 e. The fourth-order valence-electron chi connectivity index (χ4n) is 2.44. The van der Waals surface area contributed by atoms with Crippen LogP contribution in [0.4, 0.5) is 0 Å². The van der Waals surface area contributed by atoms with Crippen LogP contribution in [0.15, 0.2) is 24.3 Å². The van der Waals surface area contributed by atoms with Gasteiger partial charge < -0.3 is 9.64 Å². The van der Waals surface area contributed by atoms with E-state index < -0.39 is 0 Å². The molecule has 0 spiro atoms. The molecule has 18 heavy (non-hydrogen) atoms. The molecule has 0 N–H and O–H groups in total. The zero-order valence-electron chi connectivity index (χ0n) is 10.6. The molecule has 98 valence electrons. The van der Waals surface area contributed by atoms with Crippen LogP contribution in [0.3, 0.4) is 0 Å². The number of hydrogen-bond donors (Lipinski definition) is 0. The highest BCUT2D eigenvalue weighted by Crippen LogP contribution is 2.32. The van der Waals surface area contributed by atoms with Crippen molar-refractivity contribution in [3.63, 3.8) is 0 Å². The molecule has 0 radical (unpaired) electrons. The van der Waals surface area contributed by atoms with Crippen LogP contribution in [0.25, 0.3) is 0 Å². The first kappa shape index (κ1) is 13.2. The molecule has 1 heterocycles. The third-order valence-corrected chi connectivity index (χ3v) is 3.49. The monoisotopic (exact) mass is 267 g/mol. The lowest BCUT2D eigenvalue weighted by molar-refractivity contribution is -0.129. The van der Waals surface area contributed by atoms with Gasteiger partial charge in [0.25, 0.3) is 0 Å². The molecule has 0 saturated carbocycles. The van der Waals surface area contributed by atoms with E-state index in [1.165, 1.54) is 0 Å². The molecule has 1 aliphatic heterocycles. The molecule has 1 aliphatic rings. The van der Waals surface area contributed by atoms with E-state index >= 15 is 0 Å². The van der Waals surface area contributed by atoms with E-state index in [9.17, 15) is 4.79 Å². The minimum atomic E-state index is 0.0213. The lowest BCUT2D eigenvalue weighted by Gasteiger charge is -2.24. The van der Waals surface area contributed by atoms with Gasteiger partial charge in [0.05, 0.1) is 12.6 Å². The number of benzene rings is 1. The van der Waals surface area contributed by atoms with Crippen molar-refractivity contribution in [3.8, 4) is 5.75 Å². The molecule has 1 aromatic rings. The van der Waals surface area contributed by atoms with Crippen molar-refractivity contribution in [3.05, 3.63) is 29.8 Å². The maximum Gasteiger partial charge on any atom is 0.238 e. The van der Waals surface area contributed by atoms with E-state index in [1.807, 2.05) is 36.1 Å². The van der Waals surface area contributed by atoms with E-state index in [2.05, 4.69) is 0 Å². The van der Waals surface area contributed by atoms with Gasteiger partial charge in [0.2, 0.25) is 5.91 Å². The molecule has 2 rings (SSSR count). The highest BCUT2D eigenvalue weighted by atomic mass is 35.5. The summed E-state index contributed by atoms with van der Waals surface area (Å²) in [5.74, 6) is 0.954. The second kappa shape index (κ2) is 6.10. The normalized spacial score (nSPS) is 19.0. The summed E-state index contributed by atoms with van der Waals surface area (Å²) in [6, 6.07) is 8.17. The molecular formula is C14H18ClNO2. The van der Waals surface area contributed by atoms with Gasteiger partial charge in [0.15, 0.2) is 0 Å². The maximum absolute atomic E-state index is 11.7. The maximum atomic E-state index is 11.7. The Labute approximate surface area is 113 Å². The van der Waals surface area contributed by atoms with Crippen LogP contribution in [0.1, 0.15) is 31.4 Å². The fraction of sp³-hybridized carbons (Fsp3) is 0.500. The Balaban J connectivity index is 2.12. The van der Waals surface area contributed by atoms with Gasteiger partial charge in [-0.3, -0.25) is 4.79 Å². The predicted molar refractivity (Wildman–Crippen MR) is 72.0 cm³/mol. The highest BCUT2D eigenvalue weighted by molar-refractivity contribution is 6.27. The number of nitrogens with zero attached hydrogens (tertiary/aromatic N) is 1. The van der Waals surface area contributed by atoms with Crippen LogP contribution in [0.5, 0.6) is 5.75 Å². The highest BCUT2D eigenvalue weighted by Gasteiger charge is 2.29. The quantitative estimate of drug-likeness (QED) is 0.785. The summed E-state index contributed by atoms with van der Waals surface area (Å²) in [6.45, 7) is 3.44. The summed E-state index contributed by atoms with van der Waals surface area (Å²) < 4.78 is 5.42. The van der Waals surface area contributed by atoms with Gasteiger partial charge in [0, 0.05) is 6.54 Å². The Bertz CT molecular complexity index is 405. The predicted octanol–water partition coefficient (Wildman–Crippen LogP) is 2.99. The van der Waals surface area contributed by atoms with Gasteiger partial charge in [0.1, 0.15) is 11.6 Å². The molecule has 1 amide bonds. The van der Waals surface area contributed by atoms with Crippen molar-refractivity contribution in [1.82, 2.24) is 4.90 Å². The van der Waals surface area contributed by atoms with Gasteiger partial charge >= 0.3 is 0 Å². The summed E-state index contributed by atoms with van der Waals surface area (Å²) >= 11 is 5.64.